The first-order valence-electron chi connectivity index (χ1n) is 13.3. The van der Waals surface area contributed by atoms with Crippen molar-refractivity contribution in [3.63, 3.8) is 0 Å². The fourth-order valence-corrected chi connectivity index (χ4v) is 5.49. The number of halogens is 4. The molecule has 1 aliphatic rings. The van der Waals surface area contributed by atoms with E-state index in [9.17, 15) is 17.6 Å². The number of alkyl halides is 4. The van der Waals surface area contributed by atoms with Gasteiger partial charge in [0, 0.05) is 28.9 Å². The van der Waals surface area contributed by atoms with Gasteiger partial charge in [0.05, 0.1) is 43.8 Å². The van der Waals surface area contributed by atoms with E-state index in [1.165, 1.54) is 19.2 Å². The molecule has 40 heavy (non-hydrogen) atoms. The van der Waals surface area contributed by atoms with E-state index in [1.54, 1.807) is 0 Å². The van der Waals surface area contributed by atoms with Crippen LogP contribution in [0, 0.1) is 6.92 Å². The van der Waals surface area contributed by atoms with Crippen LogP contribution in [0.2, 0.25) is 18.1 Å². The smallest absolute Gasteiger partial charge is 0.419 e. The van der Waals surface area contributed by atoms with Crippen molar-refractivity contribution in [1.29, 1.82) is 0 Å². The number of pyridine rings is 1. The molecule has 6 nitrogen and oxygen atoms in total. The van der Waals surface area contributed by atoms with Crippen LogP contribution in [0.5, 0.6) is 5.75 Å². The number of ether oxygens (including phenoxy) is 2. The number of methoxy groups -OCH3 is 1. The van der Waals surface area contributed by atoms with Gasteiger partial charge in [-0.25, -0.2) is 9.37 Å². The summed E-state index contributed by atoms with van der Waals surface area (Å²) in [5.74, 6) is 0.121. The van der Waals surface area contributed by atoms with Crippen LogP contribution in [0.25, 0.3) is 22.6 Å². The molecule has 0 saturated carbocycles. The molecule has 0 saturated heterocycles. The van der Waals surface area contributed by atoms with Crippen LogP contribution in [0.4, 0.5) is 17.6 Å². The third kappa shape index (κ3) is 6.26. The molecule has 0 unspecified atom stereocenters. The van der Waals surface area contributed by atoms with E-state index in [4.69, 9.17) is 18.9 Å². The third-order valence-corrected chi connectivity index (χ3v) is 12.2. The number of hydrogen-bond donors (Lipinski definition) is 0. The zero-order valence-electron chi connectivity index (χ0n) is 24.1. The van der Waals surface area contributed by atoms with Crippen LogP contribution in [-0.4, -0.2) is 49.3 Å². The van der Waals surface area contributed by atoms with Gasteiger partial charge in [0.15, 0.2) is 8.32 Å². The Kier molecular flexibility index (Phi) is 8.50. The maximum absolute atomic E-state index is 13.8. The standard InChI is InChI=1S/C29H37F4N3O3Si/c1-18-12-20(13-21(34-18)17-39-40(6,7)28(2,3)4)26-24-10-11-38-22(15-30)16-36(24)27(35-26)19-8-9-23(29(31,32)33)25(14-19)37-5/h8-9,12-14,22H,10-11,15-17H2,1-7H3/t22-/m1/s1. The molecule has 0 bridgehead atoms. The predicted octanol–water partition coefficient (Wildman–Crippen LogP) is 7.38. The molecule has 4 rings (SSSR count). The average Bonchev–Trinajstić information content (AvgIpc) is 3.08. The summed E-state index contributed by atoms with van der Waals surface area (Å²) in [5.41, 5.74) is 3.42. The average molecular weight is 580 g/mol. The van der Waals surface area contributed by atoms with Crippen LogP contribution in [0.15, 0.2) is 30.3 Å². The Morgan fingerprint density at radius 3 is 2.42 bits per heavy atom. The molecule has 1 aliphatic heterocycles. The Morgan fingerprint density at radius 2 is 1.80 bits per heavy atom. The first kappa shape index (κ1) is 30.2. The van der Waals surface area contributed by atoms with Crippen molar-refractivity contribution in [2.24, 2.45) is 0 Å². The van der Waals surface area contributed by atoms with Gasteiger partial charge < -0.3 is 18.5 Å². The van der Waals surface area contributed by atoms with Crippen LogP contribution < -0.4 is 4.74 Å². The highest BCUT2D eigenvalue weighted by molar-refractivity contribution is 6.74. The Bertz CT molecular complexity index is 1370. The fourth-order valence-electron chi connectivity index (χ4n) is 4.54. The predicted molar refractivity (Wildman–Crippen MR) is 149 cm³/mol. The van der Waals surface area contributed by atoms with Crippen molar-refractivity contribution in [3.05, 3.63) is 53.0 Å². The van der Waals surface area contributed by atoms with Gasteiger partial charge in [-0.05, 0) is 49.3 Å². The second-order valence-corrected chi connectivity index (χ2v) is 16.5. The molecule has 3 aromatic rings. The van der Waals surface area contributed by atoms with Crippen molar-refractivity contribution in [2.45, 2.75) is 77.7 Å². The summed E-state index contributed by atoms with van der Waals surface area (Å²) in [6, 6.07) is 7.56. The second-order valence-electron chi connectivity index (χ2n) is 11.7. The van der Waals surface area contributed by atoms with Gasteiger partial charge in [-0.3, -0.25) is 4.98 Å². The van der Waals surface area contributed by atoms with E-state index >= 15 is 0 Å². The summed E-state index contributed by atoms with van der Waals surface area (Å²) < 4.78 is 73.4. The van der Waals surface area contributed by atoms with Gasteiger partial charge in [-0.1, -0.05) is 26.8 Å². The van der Waals surface area contributed by atoms with Crippen molar-refractivity contribution >= 4 is 8.32 Å². The van der Waals surface area contributed by atoms with Crippen molar-refractivity contribution in [1.82, 2.24) is 14.5 Å². The van der Waals surface area contributed by atoms with Gasteiger partial charge in [-0.15, -0.1) is 0 Å². The van der Waals surface area contributed by atoms with Crippen LogP contribution in [0.1, 0.15) is 43.4 Å². The summed E-state index contributed by atoms with van der Waals surface area (Å²) in [4.78, 5) is 9.61. The number of aryl methyl sites for hydroxylation is 1. The normalized spacial score (nSPS) is 16.5. The van der Waals surface area contributed by atoms with E-state index in [0.29, 0.717) is 36.7 Å². The van der Waals surface area contributed by atoms with Gasteiger partial charge in [0.2, 0.25) is 0 Å². The number of fused-ring (bicyclic) bond motifs is 1. The molecule has 0 amide bonds. The quantitative estimate of drug-likeness (QED) is 0.216. The summed E-state index contributed by atoms with van der Waals surface area (Å²) in [6.07, 6.45) is -4.79. The van der Waals surface area contributed by atoms with Crippen LogP contribution in [0.3, 0.4) is 0 Å². The molecule has 3 heterocycles. The van der Waals surface area contributed by atoms with Gasteiger partial charge in [0.25, 0.3) is 0 Å². The first-order valence-corrected chi connectivity index (χ1v) is 16.2. The Balaban J connectivity index is 1.82. The molecule has 218 valence electrons. The monoisotopic (exact) mass is 579 g/mol. The number of hydrogen-bond acceptors (Lipinski definition) is 5. The highest BCUT2D eigenvalue weighted by Gasteiger charge is 2.37. The summed E-state index contributed by atoms with van der Waals surface area (Å²) in [7, 11) is -0.814. The largest absolute Gasteiger partial charge is 0.496 e. The minimum atomic E-state index is -4.57. The minimum Gasteiger partial charge on any atom is -0.496 e. The topological polar surface area (TPSA) is 58.4 Å². The van der Waals surface area contributed by atoms with E-state index < -0.39 is 32.8 Å². The van der Waals surface area contributed by atoms with Gasteiger partial charge >= 0.3 is 6.18 Å². The Hall–Kier alpha value is -2.76. The molecule has 1 aromatic carbocycles. The summed E-state index contributed by atoms with van der Waals surface area (Å²) >= 11 is 0. The molecule has 0 fully saturated rings. The van der Waals surface area contributed by atoms with Gasteiger partial charge in [-0.2, -0.15) is 13.2 Å². The summed E-state index contributed by atoms with van der Waals surface area (Å²) in [5, 5.41) is 0.0471. The molecule has 1 atom stereocenters. The fraction of sp³-hybridized carbons (Fsp3) is 0.517. The lowest BCUT2D eigenvalue weighted by atomic mass is 10.1. The zero-order valence-corrected chi connectivity index (χ0v) is 25.1. The van der Waals surface area contributed by atoms with Crippen molar-refractivity contribution in [3.8, 4) is 28.4 Å². The van der Waals surface area contributed by atoms with Crippen molar-refractivity contribution in [2.75, 3.05) is 20.4 Å². The number of rotatable bonds is 7. The highest BCUT2D eigenvalue weighted by Crippen LogP contribution is 2.40. The van der Waals surface area contributed by atoms with E-state index in [0.717, 1.165) is 28.7 Å². The molecule has 0 aliphatic carbocycles. The SMILES string of the molecule is COc1cc(-c2nc(-c3cc(C)nc(CO[Si](C)(C)C(C)(C)C)c3)c3n2C[C@@H](CF)OCC3)ccc1C(F)(F)F. The maximum Gasteiger partial charge on any atom is 0.419 e. The molecule has 0 spiro atoms. The maximum atomic E-state index is 13.8. The molecule has 2 aromatic heterocycles. The Labute approximate surface area is 233 Å². The lowest BCUT2D eigenvalue weighted by Crippen LogP contribution is -2.40. The molecular formula is C29H37F4N3O3Si. The molecule has 0 radical (unpaired) electrons. The second kappa shape index (κ2) is 11.3. The van der Waals surface area contributed by atoms with Crippen LogP contribution in [-0.2, 0) is 34.9 Å². The first-order chi connectivity index (χ1) is 18.6. The third-order valence-electron chi connectivity index (χ3n) is 7.76. The molecular weight excluding hydrogens is 542 g/mol. The summed E-state index contributed by atoms with van der Waals surface area (Å²) in [6.45, 7) is 13.0. The number of benzene rings is 1. The lowest BCUT2D eigenvalue weighted by molar-refractivity contribution is -0.138. The van der Waals surface area contributed by atoms with Crippen LogP contribution >= 0.6 is 0 Å². The number of aromatic nitrogens is 3. The number of nitrogens with zero attached hydrogens (tertiary/aromatic N) is 3. The number of imidazole rings is 1. The highest BCUT2D eigenvalue weighted by atomic mass is 28.4. The van der Waals surface area contributed by atoms with Crippen molar-refractivity contribution < 1.29 is 31.5 Å². The Morgan fingerprint density at radius 1 is 1.07 bits per heavy atom. The lowest BCUT2D eigenvalue weighted by Gasteiger charge is -2.36. The van der Waals surface area contributed by atoms with Gasteiger partial charge in [0.1, 0.15) is 24.4 Å². The van der Waals surface area contributed by atoms with E-state index in [1.807, 2.05) is 23.6 Å². The molecule has 11 heteroatoms. The molecule has 0 N–H and O–H groups in total. The van der Waals surface area contributed by atoms with E-state index in [2.05, 4.69) is 38.8 Å². The zero-order chi connectivity index (χ0) is 29.5. The van der Waals surface area contributed by atoms with E-state index in [-0.39, 0.29) is 17.3 Å². The minimum absolute atomic E-state index is 0.0471.